The van der Waals surface area contributed by atoms with Gasteiger partial charge in [-0.2, -0.15) is 0 Å². The number of likely N-dealkylation sites (tertiary alicyclic amines) is 1. The first-order valence-electron chi connectivity index (χ1n) is 6.49. The molecule has 4 nitrogen and oxygen atoms in total. The lowest BCUT2D eigenvalue weighted by Crippen LogP contribution is -2.38. The van der Waals surface area contributed by atoms with Gasteiger partial charge < -0.3 is 9.84 Å². The van der Waals surface area contributed by atoms with Crippen LogP contribution in [0.25, 0.3) is 0 Å². The van der Waals surface area contributed by atoms with Crippen LogP contribution in [0.3, 0.4) is 0 Å². The van der Waals surface area contributed by atoms with E-state index >= 15 is 0 Å². The minimum Gasteiger partial charge on any atom is -0.361 e. The van der Waals surface area contributed by atoms with Gasteiger partial charge in [-0.15, -0.1) is 12.4 Å². The first-order chi connectivity index (χ1) is 8.20. The lowest BCUT2D eigenvalue weighted by molar-refractivity contribution is 0.166. The van der Waals surface area contributed by atoms with Crippen LogP contribution < -0.4 is 5.32 Å². The molecule has 5 heteroatoms. The summed E-state index contributed by atoms with van der Waals surface area (Å²) in [5.74, 6) is 1.76. The highest BCUT2D eigenvalue weighted by molar-refractivity contribution is 5.85. The minimum absolute atomic E-state index is 0. The molecule has 1 aromatic rings. The quantitative estimate of drug-likeness (QED) is 0.913. The normalized spacial score (nSPS) is 20.7. The molecule has 0 bridgehead atoms. The van der Waals surface area contributed by atoms with E-state index in [0.717, 1.165) is 30.5 Å². The molecule has 2 heterocycles. The Labute approximate surface area is 116 Å². The summed E-state index contributed by atoms with van der Waals surface area (Å²) in [5, 5.41) is 7.31. The Bertz CT molecular complexity index is 346. The number of hydrogen-bond acceptors (Lipinski definition) is 4. The van der Waals surface area contributed by atoms with E-state index in [4.69, 9.17) is 4.52 Å². The Balaban J connectivity index is 0.00000162. The summed E-state index contributed by atoms with van der Waals surface area (Å²) < 4.78 is 5.22. The van der Waals surface area contributed by atoms with E-state index in [1.54, 1.807) is 0 Å². The maximum absolute atomic E-state index is 5.22. The third kappa shape index (κ3) is 3.70. The van der Waals surface area contributed by atoms with Crippen molar-refractivity contribution >= 4 is 12.4 Å². The standard InChI is InChI=1S/C13H23N3O.ClH/c1-10-13(11(2)17-15-10)9-16-6-4-5-12(8-16)7-14-3;/h12,14H,4-9H2,1-3H3;1H. The van der Waals surface area contributed by atoms with E-state index in [9.17, 15) is 0 Å². The molecule has 0 saturated carbocycles. The fourth-order valence-electron chi connectivity index (χ4n) is 2.70. The van der Waals surface area contributed by atoms with Gasteiger partial charge in [0.05, 0.1) is 5.69 Å². The summed E-state index contributed by atoms with van der Waals surface area (Å²) in [5.41, 5.74) is 2.31. The van der Waals surface area contributed by atoms with Crippen molar-refractivity contribution in [1.82, 2.24) is 15.4 Å². The number of rotatable bonds is 4. The summed E-state index contributed by atoms with van der Waals surface area (Å²) in [6.07, 6.45) is 2.65. The first kappa shape index (κ1) is 15.5. The van der Waals surface area contributed by atoms with Crippen LogP contribution in [-0.4, -0.2) is 36.7 Å². The fourth-order valence-corrected chi connectivity index (χ4v) is 2.70. The van der Waals surface area contributed by atoms with Gasteiger partial charge in [-0.05, 0) is 52.7 Å². The molecule has 0 aromatic carbocycles. The van der Waals surface area contributed by atoms with Crippen molar-refractivity contribution in [3.8, 4) is 0 Å². The molecular weight excluding hydrogens is 250 g/mol. The Morgan fingerprint density at radius 1 is 1.44 bits per heavy atom. The highest BCUT2D eigenvalue weighted by Gasteiger charge is 2.21. The van der Waals surface area contributed by atoms with E-state index in [0.29, 0.717) is 0 Å². The first-order valence-corrected chi connectivity index (χ1v) is 6.49. The zero-order valence-corrected chi connectivity index (χ0v) is 12.3. The molecule has 2 rings (SSSR count). The second-order valence-corrected chi connectivity index (χ2v) is 5.10. The number of nitrogens with zero attached hydrogens (tertiary/aromatic N) is 2. The molecule has 104 valence electrons. The number of aromatic nitrogens is 1. The number of hydrogen-bond donors (Lipinski definition) is 1. The molecule has 1 saturated heterocycles. The highest BCUT2D eigenvalue weighted by atomic mass is 35.5. The zero-order chi connectivity index (χ0) is 12.3. The average Bonchev–Trinajstić information content (AvgIpc) is 2.62. The summed E-state index contributed by atoms with van der Waals surface area (Å²) in [6.45, 7) is 8.53. The van der Waals surface area contributed by atoms with Crippen molar-refractivity contribution in [3.63, 3.8) is 0 Å². The predicted molar refractivity (Wildman–Crippen MR) is 75.2 cm³/mol. The number of piperidine rings is 1. The highest BCUT2D eigenvalue weighted by Crippen LogP contribution is 2.20. The van der Waals surface area contributed by atoms with Gasteiger partial charge >= 0.3 is 0 Å². The van der Waals surface area contributed by atoms with Gasteiger partial charge in [0.25, 0.3) is 0 Å². The van der Waals surface area contributed by atoms with Crippen molar-refractivity contribution in [2.75, 3.05) is 26.7 Å². The van der Waals surface area contributed by atoms with Crippen LogP contribution >= 0.6 is 12.4 Å². The van der Waals surface area contributed by atoms with Crippen molar-refractivity contribution in [3.05, 3.63) is 17.0 Å². The van der Waals surface area contributed by atoms with E-state index in [1.807, 2.05) is 20.9 Å². The second kappa shape index (κ2) is 7.12. The largest absolute Gasteiger partial charge is 0.361 e. The lowest BCUT2D eigenvalue weighted by Gasteiger charge is -2.32. The monoisotopic (exact) mass is 273 g/mol. The molecule has 1 unspecified atom stereocenters. The van der Waals surface area contributed by atoms with Crippen molar-refractivity contribution in [1.29, 1.82) is 0 Å². The fraction of sp³-hybridized carbons (Fsp3) is 0.769. The lowest BCUT2D eigenvalue weighted by atomic mass is 9.97. The number of nitrogens with one attached hydrogen (secondary N) is 1. The van der Waals surface area contributed by atoms with Crippen LogP contribution in [0.2, 0.25) is 0 Å². The van der Waals surface area contributed by atoms with E-state index in [1.165, 1.54) is 31.5 Å². The molecule has 1 atom stereocenters. The molecule has 1 fully saturated rings. The van der Waals surface area contributed by atoms with Gasteiger partial charge in [-0.25, -0.2) is 0 Å². The molecule has 18 heavy (non-hydrogen) atoms. The maximum atomic E-state index is 5.22. The van der Waals surface area contributed by atoms with Crippen LogP contribution in [0.15, 0.2) is 4.52 Å². The molecule has 1 aliphatic rings. The SMILES string of the molecule is CNCC1CCCN(Cc2c(C)noc2C)C1.Cl. The molecule has 1 N–H and O–H groups in total. The molecule has 1 aliphatic heterocycles. The molecule has 0 radical (unpaired) electrons. The van der Waals surface area contributed by atoms with Crippen LogP contribution in [0.1, 0.15) is 29.9 Å². The minimum atomic E-state index is 0. The molecule has 0 spiro atoms. The molecular formula is C13H24ClN3O. The smallest absolute Gasteiger partial charge is 0.138 e. The second-order valence-electron chi connectivity index (χ2n) is 5.10. The maximum Gasteiger partial charge on any atom is 0.138 e. The molecule has 0 amide bonds. The van der Waals surface area contributed by atoms with Gasteiger partial charge in [-0.1, -0.05) is 5.16 Å². The zero-order valence-electron chi connectivity index (χ0n) is 11.5. The Morgan fingerprint density at radius 2 is 2.22 bits per heavy atom. The van der Waals surface area contributed by atoms with E-state index in [2.05, 4.69) is 15.4 Å². The summed E-state index contributed by atoms with van der Waals surface area (Å²) in [4.78, 5) is 2.53. The van der Waals surface area contributed by atoms with Gasteiger partial charge in [0.2, 0.25) is 0 Å². The summed E-state index contributed by atoms with van der Waals surface area (Å²) in [6, 6.07) is 0. The van der Waals surface area contributed by atoms with Gasteiger partial charge in [0, 0.05) is 18.7 Å². The van der Waals surface area contributed by atoms with Crippen molar-refractivity contribution in [2.45, 2.75) is 33.2 Å². The summed E-state index contributed by atoms with van der Waals surface area (Å²) >= 11 is 0. The van der Waals surface area contributed by atoms with Crippen LogP contribution in [0, 0.1) is 19.8 Å². The Morgan fingerprint density at radius 3 is 2.83 bits per heavy atom. The van der Waals surface area contributed by atoms with E-state index < -0.39 is 0 Å². The van der Waals surface area contributed by atoms with Crippen LogP contribution in [-0.2, 0) is 6.54 Å². The van der Waals surface area contributed by atoms with E-state index in [-0.39, 0.29) is 12.4 Å². The average molecular weight is 274 g/mol. The van der Waals surface area contributed by atoms with Crippen molar-refractivity contribution in [2.24, 2.45) is 5.92 Å². The number of halogens is 1. The Hall–Kier alpha value is -0.580. The molecule has 0 aliphatic carbocycles. The third-order valence-electron chi connectivity index (χ3n) is 3.66. The van der Waals surface area contributed by atoms with Gasteiger partial charge in [0.15, 0.2) is 0 Å². The van der Waals surface area contributed by atoms with Crippen LogP contribution in [0.4, 0.5) is 0 Å². The third-order valence-corrected chi connectivity index (χ3v) is 3.66. The predicted octanol–water partition coefficient (Wildman–Crippen LogP) is 2.14. The summed E-state index contributed by atoms with van der Waals surface area (Å²) in [7, 11) is 2.03. The van der Waals surface area contributed by atoms with Crippen LogP contribution in [0.5, 0.6) is 0 Å². The topological polar surface area (TPSA) is 41.3 Å². The Kier molecular flexibility index (Phi) is 6.12. The number of aryl methyl sites for hydroxylation is 2. The van der Waals surface area contributed by atoms with Gasteiger partial charge in [-0.3, -0.25) is 4.90 Å². The molecule has 1 aromatic heterocycles. The van der Waals surface area contributed by atoms with Crippen molar-refractivity contribution < 1.29 is 4.52 Å². The van der Waals surface area contributed by atoms with Gasteiger partial charge in [0.1, 0.15) is 5.76 Å².